The lowest BCUT2D eigenvalue weighted by Gasteiger charge is -2.44. The van der Waals surface area contributed by atoms with Crippen molar-refractivity contribution < 1.29 is 13.6 Å². The Bertz CT molecular complexity index is 708. The summed E-state index contributed by atoms with van der Waals surface area (Å²) in [7, 11) is 0. The van der Waals surface area contributed by atoms with Crippen molar-refractivity contribution in [3.05, 3.63) is 71.3 Å². The topological polar surface area (TPSA) is 29.1 Å². The lowest BCUT2D eigenvalue weighted by atomic mass is 9.70. The molecule has 1 amide bonds. The SMILES string of the molecule is CC(C)(C)C(CCl)(NC(=O)c1c(F)cccc1F)c1ccccc1. The molecule has 0 aliphatic carbocycles. The second-order valence-electron chi connectivity index (χ2n) is 6.71. The fraction of sp³-hybridized carbons (Fsp3) is 0.316. The summed E-state index contributed by atoms with van der Waals surface area (Å²) in [6.45, 7) is 5.75. The molecule has 0 radical (unpaired) electrons. The van der Waals surface area contributed by atoms with Crippen molar-refractivity contribution in [1.82, 2.24) is 5.32 Å². The van der Waals surface area contributed by atoms with E-state index in [1.807, 2.05) is 51.1 Å². The Kier molecular flexibility index (Phi) is 5.29. The second-order valence-corrected chi connectivity index (χ2v) is 6.97. The van der Waals surface area contributed by atoms with Crippen LogP contribution in [-0.2, 0) is 5.54 Å². The van der Waals surface area contributed by atoms with Gasteiger partial charge in [-0.15, -0.1) is 11.6 Å². The number of hydrogen-bond acceptors (Lipinski definition) is 1. The number of carbonyl (C=O) groups is 1. The Hall–Kier alpha value is -1.94. The molecule has 24 heavy (non-hydrogen) atoms. The molecule has 0 saturated heterocycles. The van der Waals surface area contributed by atoms with Crippen LogP contribution in [0, 0.1) is 17.0 Å². The zero-order valence-corrected chi connectivity index (χ0v) is 14.6. The van der Waals surface area contributed by atoms with E-state index in [2.05, 4.69) is 5.32 Å². The summed E-state index contributed by atoms with van der Waals surface area (Å²) in [5.74, 6) is -2.58. The van der Waals surface area contributed by atoms with Gasteiger partial charge < -0.3 is 5.32 Å². The van der Waals surface area contributed by atoms with Crippen LogP contribution in [0.4, 0.5) is 8.78 Å². The maximum atomic E-state index is 13.9. The number of benzene rings is 2. The molecule has 1 N–H and O–H groups in total. The molecule has 1 atom stereocenters. The van der Waals surface area contributed by atoms with Crippen LogP contribution in [0.15, 0.2) is 48.5 Å². The zero-order valence-electron chi connectivity index (χ0n) is 13.9. The maximum Gasteiger partial charge on any atom is 0.258 e. The monoisotopic (exact) mass is 351 g/mol. The standard InChI is InChI=1S/C19H20ClF2NO/c1-18(2,3)19(12-20,13-8-5-4-6-9-13)23-17(24)16-14(21)10-7-11-15(16)22/h4-11H,12H2,1-3H3,(H,23,24). The number of alkyl halides is 1. The van der Waals surface area contributed by atoms with Crippen molar-refractivity contribution in [2.24, 2.45) is 5.41 Å². The molecule has 0 fully saturated rings. The fourth-order valence-electron chi connectivity index (χ4n) is 2.70. The van der Waals surface area contributed by atoms with Gasteiger partial charge in [0.15, 0.2) is 0 Å². The van der Waals surface area contributed by atoms with Crippen molar-refractivity contribution in [2.45, 2.75) is 26.3 Å². The summed E-state index contributed by atoms with van der Waals surface area (Å²) in [5, 5.41) is 2.78. The summed E-state index contributed by atoms with van der Waals surface area (Å²) in [6, 6.07) is 12.5. The minimum atomic E-state index is -0.985. The van der Waals surface area contributed by atoms with Gasteiger partial charge >= 0.3 is 0 Å². The Labute approximate surface area is 145 Å². The van der Waals surface area contributed by atoms with E-state index in [9.17, 15) is 13.6 Å². The fourth-order valence-corrected chi connectivity index (χ4v) is 3.32. The van der Waals surface area contributed by atoms with E-state index in [1.54, 1.807) is 0 Å². The third kappa shape index (κ3) is 3.29. The van der Waals surface area contributed by atoms with Gasteiger partial charge in [0, 0.05) is 0 Å². The first-order valence-corrected chi connectivity index (χ1v) is 8.14. The average Bonchev–Trinajstić information content (AvgIpc) is 2.52. The molecular weight excluding hydrogens is 332 g/mol. The van der Waals surface area contributed by atoms with E-state index in [0.29, 0.717) is 0 Å². The van der Waals surface area contributed by atoms with Gasteiger partial charge in [-0.25, -0.2) is 8.78 Å². The van der Waals surface area contributed by atoms with E-state index in [0.717, 1.165) is 17.7 Å². The smallest absolute Gasteiger partial charge is 0.258 e. The number of hydrogen-bond donors (Lipinski definition) is 1. The second kappa shape index (κ2) is 6.89. The van der Waals surface area contributed by atoms with Crippen LogP contribution in [-0.4, -0.2) is 11.8 Å². The molecular formula is C19H20ClF2NO. The van der Waals surface area contributed by atoms with E-state index in [-0.39, 0.29) is 5.88 Å². The van der Waals surface area contributed by atoms with Gasteiger partial charge in [0.25, 0.3) is 5.91 Å². The number of rotatable bonds is 4. The Morgan fingerprint density at radius 1 is 1.00 bits per heavy atom. The maximum absolute atomic E-state index is 13.9. The van der Waals surface area contributed by atoms with Crippen LogP contribution in [0.3, 0.4) is 0 Å². The van der Waals surface area contributed by atoms with Crippen LogP contribution in [0.25, 0.3) is 0 Å². The summed E-state index contributed by atoms with van der Waals surface area (Å²) < 4.78 is 27.9. The Morgan fingerprint density at radius 2 is 1.54 bits per heavy atom. The summed E-state index contributed by atoms with van der Waals surface area (Å²) in [4.78, 5) is 12.6. The Morgan fingerprint density at radius 3 is 2.00 bits per heavy atom. The highest BCUT2D eigenvalue weighted by atomic mass is 35.5. The minimum absolute atomic E-state index is 0.0579. The summed E-state index contributed by atoms with van der Waals surface area (Å²) in [5.41, 5.74) is -1.31. The molecule has 0 saturated carbocycles. The molecule has 128 valence electrons. The average molecular weight is 352 g/mol. The van der Waals surface area contributed by atoms with Gasteiger partial charge in [-0.1, -0.05) is 57.2 Å². The molecule has 2 aromatic carbocycles. The number of carbonyl (C=O) groups excluding carboxylic acids is 1. The molecule has 0 bridgehead atoms. The zero-order chi connectivity index (χ0) is 18.0. The first-order valence-electron chi connectivity index (χ1n) is 7.61. The van der Waals surface area contributed by atoms with Gasteiger partial charge in [0.1, 0.15) is 17.2 Å². The van der Waals surface area contributed by atoms with Gasteiger partial charge in [0.05, 0.1) is 11.4 Å². The van der Waals surface area contributed by atoms with Crippen LogP contribution >= 0.6 is 11.6 Å². The van der Waals surface area contributed by atoms with E-state index < -0.39 is 34.1 Å². The molecule has 5 heteroatoms. The molecule has 0 spiro atoms. The molecule has 1 unspecified atom stereocenters. The molecule has 0 aliphatic heterocycles. The van der Waals surface area contributed by atoms with Crippen molar-refractivity contribution in [1.29, 1.82) is 0 Å². The highest BCUT2D eigenvalue weighted by Crippen LogP contribution is 2.40. The highest BCUT2D eigenvalue weighted by molar-refractivity contribution is 6.19. The van der Waals surface area contributed by atoms with Crippen LogP contribution in [0.2, 0.25) is 0 Å². The molecule has 0 aromatic heterocycles. The third-order valence-corrected chi connectivity index (χ3v) is 4.66. The first kappa shape index (κ1) is 18.4. The summed E-state index contributed by atoms with van der Waals surface area (Å²) >= 11 is 6.25. The molecule has 0 heterocycles. The molecule has 2 rings (SSSR count). The van der Waals surface area contributed by atoms with Crippen LogP contribution < -0.4 is 5.32 Å². The Balaban J connectivity index is 2.53. The van der Waals surface area contributed by atoms with Gasteiger partial charge in [-0.2, -0.15) is 0 Å². The molecule has 0 aliphatic rings. The number of nitrogens with one attached hydrogen (secondary N) is 1. The largest absolute Gasteiger partial charge is 0.341 e. The molecule has 2 aromatic rings. The number of halogens is 3. The van der Waals surface area contributed by atoms with Gasteiger partial charge in [-0.05, 0) is 23.1 Å². The van der Waals surface area contributed by atoms with Crippen molar-refractivity contribution >= 4 is 17.5 Å². The van der Waals surface area contributed by atoms with Crippen molar-refractivity contribution in [3.63, 3.8) is 0 Å². The van der Waals surface area contributed by atoms with Crippen molar-refractivity contribution in [3.8, 4) is 0 Å². The summed E-state index contributed by atoms with van der Waals surface area (Å²) in [6.07, 6.45) is 0. The van der Waals surface area contributed by atoms with Gasteiger partial charge in [-0.3, -0.25) is 4.79 Å². The highest BCUT2D eigenvalue weighted by Gasteiger charge is 2.44. The minimum Gasteiger partial charge on any atom is -0.341 e. The normalized spacial score (nSPS) is 14.1. The number of amides is 1. The van der Waals surface area contributed by atoms with E-state index in [4.69, 9.17) is 11.6 Å². The third-order valence-electron chi connectivity index (χ3n) is 4.26. The predicted octanol–water partition coefficient (Wildman–Crippen LogP) is 4.88. The lowest BCUT2D eigenvalue weighted by Crippen LogP contribution is -2.56. The predicted molar refractivity (Wildman–Crippen MR) is 92.1 cm³/mol. The lowest BCUT2D eigenvalue weighted by molar-refractivity contribution is 0.0792. The first-order chi connectivity index (χ1) is 11.2. The molecule has 2 nitrogen and oxygen atoms in total. The van der Waals surface area contributed by atoms with Gasteiger partial charge in [0.2, 0.25) is 0 Å². The van der Waals surface area contributed by atoms with Crippen molar-refractivity contribution in [2.75, 3.05) is 5.88 Å². The van der Waals surface area contributed by atoms with E-state index in [1.165, 1.54) is 6.07 Å². The van der Waals surface area contributed by atoms with Crippen LogP contribution in [0.5, 0.6) is 0 Å². The van der Waals surface area contributed by atoms with Crippen LogP contribution in [0.1, 0.15) is 36.7 Å². The van der Waals surface area contributed by atoms with E-state index >= 15 is 0 Å². The quantitative estimate of drug-likeness (QED) is 0.782.